The number of hydrogen-bond acceptors (Lipinski definition) is 4. The van der Waals surface area contributed by atoms with E-state index in [0.29, 0.717) is 23.5 Å². The van der Waals surface area contributed by atoms with Gasteiger partial charge in [0.15, 0.2) is 0 Å². The molecule has 1 aliphatic rings. The van der Waals surface area contributed by atoms with Crippen LogP contribution < -0.4 is 11.1 Å². The minimum atomic E-state index is -4.68. The number of ether oxygens (including phenoxy) is 1. The number of primary amides is 1. The number of H-pyrrole nitrogens is 1. The van der Waals surface area contributed by atoms with Crippen molar-refractivity contribution in [3.05, 3.63) is 58.9 Å². The number of hydrogen-bond donors (Lipinski definition) is 3. The second kappa shape index (κ2) is 7.45. The highest BCUT2D eigenvalue weighted by molar-refractivity contribution is 6.09. The molecule has 1 saturated heterocycles. The van der Waals surface area contributed by atoms with Crippen LogP contribution in [0.1, 0.15) is 51.0 Å². The van der Waals surface area contributed by atoms with Crippen molar-refractivity contribution in [1.29, 1.82) is 0 Å². The van der Waals surface area contributed by atoms with E-state index in [1.807, 2.05) is 0 Å². The molecule has 1 atom stereocenters. The van der Waals surface area contributed by atoms with Gasteiger partial charge in [0.25, 0.3) is 11.8 Å². The van der Waals surface area contributed by atoms with Crippen LogP contribution in [0.2, 0.25) is 0 Å². The zero-order valence-corrected chi connectivity index (χ0v) is 15.5. The van der Waals surface area contributed by atoms with Crippen LogP contribution in [0.3, 0.4) is 0 Å². The number of nitrogens with two attached hydrogens (primary N) is 1. The summed E-state index contributed by atoms with van der Waals surface area (Å²) in [6, 6.07) is 7.23. The van der Waals surface area contributed by atoms with E-state index < -0.39 is 29.1 Å². The second-order valence-electron chi connectivity index (χ2n) is 6.91. The number of nitrogens with zero attached hydrogens (tertiary/aromatic N) is 1. The monoisotopic (exact) mass is 418 g/mol. The number of anilines is 1. The molecular weight excluding hydrogens is 401 g/mol. The summed E-state index contributed by atoms with van der Waals surface area (Å²) in [5.41, 5.74) is 4.73. The number of aromatic nitrogens is 2. The Morgan fingerprint density at radius 2 is 1.97 bits per heavy atom. The summed E-state index contributed by atoms with van der Waals surface area (Å²) < 4.78 is 45.2. The zero-order chi connectivity index (χ0) is 21.5. The fourth-order valence-corrected chi connectivity index (χ4v) is 3.47. The van der Waals surface area contributed by atoms with Crippen LogP contribution in [0, 0.1) is 0 Å². The molecule has 2 aromatic carbocycles. The van der Waals surface area contributed by atoms with Crippen molar-refractivity contribution in [2.75, 3.05) is 11.9 Å². The summed E-state index contributed by atoms with van der Waals surface area (Å²) in [6.07, 6.45) is -3.28. The molecule has 3 aromatic rings. The number of halogens is 3. The van der Waals surface area contributed by atoms with Gasteiger partial charge in [0.2, 0.25) is 0 Å². The van der Waals surface area contributed by atoms with Crippen LogP contribution in [-0.2, 0) is 10.9 Å². The quantitative estimate of drug-likeness (QED) is 0.599. The van der Waals surface area contributed by atoms with Gasteiger partial charge in [-0.3, -0.25) is 9.59 Å². The molecule has 0 saturated carbocycles. The fourth-order valence-electron chi connectivity index (χ4n) is 3.47. The van der Waals surface area contributed by atoms with Crippen molar-refractivity contribution < 1.29 is 27.5 Å². The number of benzene rings is 2. The average molecular weight is 418 g/mol. The van der Waals surface area contributed by atoms with Gasteiger partial charge < -0.3 is 20.8 Å². The maximum atomic E-state index is 13.2. The van der Waals surface area contributed by atoms with Gasteiger partial charge in [0.1, 0.15) is 17.4 Å². The highest BCUT2D eigenvalue weighted by Crippen LogP contribution is 2.33. The Morgan fingerprint density at radius 3 is 2.63 bits per heavy atom. The predicted octanol–water partition coefficient (Wildman–Crippen LogP) is 3.78. The summed E-state index contributed by atoms with van der Waals surface area (Å²) in [7, 11) is 0. The van der Waals surface area contributed by atoms with Gasteiger partial charge in [-0.05, 0) is 37.1 Å². The topological polar surface area (TPSA) is 110 Å². The van der Waals surface area contributed by atoms with Crippen molar-refractivity contribution in [3.8, 4) is 0 Å². The van der Waals surface area contributed by atoms with Crippen LogP contribution in [-0.4, -0.2) is 28.4 Å². The number of imidazole rings is 1. The van der Waals surface area contributed by atoms with Gasteiger partial charge in [-0.1, -0.05) is 12.1 Å². The van der Waals surface area contributed by atoms with Crippen molar-refractivity contribution in [3.63, 3.8) is 0 Å². The smallest absolute Gasteiger partial charge is 0.370 e. The molecule has 4 N–H and O–H groups in total. The first-order valence-electron chi connectivity index (χ1n) is 9.16. The lowest BCUT2D eigenvalue weighted by Gasteiger charge is -2.13. The van der Waals surface area contributed by atoms with E-state index in [2.05, 4.69) is 15.3 Å². The highest BCUT2D eigenvalue weighted by atomic mass is 19.4. The van der Waals surface area contributed by atoms with E-state index in [9.17, 15) is 22.8 Å². The number of aromatic amines is 1. The van der Waals surface area contributed by atoms with E-state index in [1.54, 1.807) is 0 Å². The molecule has 0 bridgehead atoms. The summed E-state index contributed by atoms with van der Waals surface area (Å²) in [6.45, 7) is 0.601. The van der Waals surface area contributed by atoms with E-state index in [1.165, 1.54) is 24.3 Å². The Bertz CT molecular complexity index is 1130. The number of rotatable bonds is 4. The Morgan fingerprint density at radius 1 is 1.20 bits per heavy atom. The maximum Gasteiger partial charge on any atom is 0.417 e. The standard InChI is InChI=1S/C20H17F3N4O3/c21-20(22,23)13-5-2-1-4-11(13)19(29)25-10-8-12(17(24)28)16-14(9-10)26-18(27-16)15-6-3-7-30-15/h1-2,4-5,8-9,15H,3,6-7H2,(H2,24,28)(H,25,29)(H,26,27)/t15-/m1/s1. The van der Waals surface area contributed by atoms with E-state index in [0.717, 1.165) is 25.0 Å². The van der Waals surface area contributed by atoms with E-state index in [4.69, 9.17) is 10.5 Å². The lowest BCUT2D eigenvalue weighted by Crippen LogP contribution is -2.19. The first-order chi connectivity index (χ1) is 14.2. The molecule has 0 radical (unpaired) electrons. The number of alkyl halides is 3. The van der Waals surface area contributed by atoms with E-state index in [-0.39, 0.29) is 17.4 Å². The lowest BCUT2D eigenvalue weighted by molar-refractivity contribution is -0.137. The Balaban J connectivity index is 1.71. The first kappa shape index (κ1) is 19.9. The summed E-state index contributed by atoms with van der Waals surface area (Å²) in [4.78, 5) is 31.9. The molecule has 4 rings (SSSR count). The second-order valence-corrected chi connectivity index (χ2v) is 6.91. The lowest BCUT2D eigenvalue weighted by atomic mass is 10.1. The van der Waals surface area contributed by atoms with Crippen molar-refractivity contribution >= 4 is 28.5 Å². The molecule has 7 nitrogen and oxygen atoms in total. The number of carbonyl (C=O) groups excluding carboxylic acids is 2. The molecule has 1 aliphatic heterocycles. The van der Waals surface area contributed by atoms with Crippen LogP contribution in [0.5, 0.6) is 0 Å². The minimum absolute atomic E-state index is 0.0346. The third-order valence-electron chi connectivity index (χ3n) is 4.84. The molecule has 2 heterocycles. The van der Waals surface area contributed by atoms with Gasteiger partial charge >= 0.3 is 6.18 Å². The Hall–Kier alpha value is -3.40. The molecule has 1 fully saturated rings. The van der Waals surface area contributed by atoms with Gasteiger partial charge in [-0.25, -0.2) is 4.98 Å². The molecule has 10 heteroatoms. The summed E-state index contributed by atoms with van der Waals surface area (Å²) in [5.74, 6) is -1.22. The van der Waals surface area contributed by atoms with Gasteiger partial charge in [-0.2, -0.15) is 13.2 Å². The molecule has 156 valence electrons. The van der Waals surface area contributed by atoms with Crippen LogP contribution in [0.15, 0.2) is 36.4 Å². The predicted molar refractivity (Wildman–Crippen MR) is 102 cm³/mol. The zero-order valence-electron chi connectivity index (χ0n) is 15.5. The average Bonchev–Trinajstić information content (AvgIpc) is 3.36. The largest absolute Gasteiger partial charge is 0.417 e. The number of nitrogens with one attached hydrogen (secondary N) is 2. The summed E-state index contributed by atoms with van der Waals surface area (Å²) in [5, 5.41) is 2.41. The molecule has 2 amide bonds. The molecule has 30 heavy (non-hydrogen) atoms. The van der Waals surface area contributed by atoms with Crippen molar-refractivity contribution in [1.82, 2.24) is 9.97 Å². The SMILES string of the molecule is NC(=O)c1cc(NC(=O)c2ccccc2C(F)(F)F)cc2[nH]c([C@H]3CCCO3)nc12. The van der Waals surface area contributed by atoms with Crippen LogP contribution in [0.25, 0.3) is 11.0 Å². The van der Waals surface area contributed by atoms with Gasteiger partial charge in [0, 0.05) is 12.3 Å². The minimum Gasteiger partial charge on any atom is -0.370 e. The van der Waals surface area contributed by atoms with Gasteiger partial charge in [-0.15, -0.1) is 0 Å². The Kier molecular flexibility index (Phi) is 4.94. The van der Waals surface area contributed by atoms with Crippen LogP contribution >= 0.6 is 0 Å². The van der Waals surface area contributed by atoms with Gasteiger partial charge in [0.05, 0.1) is 22.2 Å². The van der Waals surface area contributed by atoms with Crippen molar-refractivity contribution in [2.45, 2.75) is 25.1 Å². The van der Waals surface area contributed by atoms with E-state index >= 15 is 0 Å². The normalized spacial score (nSPS) is 16.7. The number of carbonyl (C=O) groups is 2. The summed E-state index contributed by atoms with van der Waals surface area (Å²) >= 11 is 0. The number of amides is 2. The third kappa shape index (κ3) is 3.73. The fraction of sp³-hybridized carbons (Fsp3) is 0.250. The highest BCUT2D eigenvalue weighted by Gasteiger charge is 2.35. The Labute approximate surface area is 168 Å². The molecule has 0 aliphatic carbocycles. The first-order valence-corrected chi connectivity index (χ1v) is 9.16. The molecule has 0 spiro atoms. The third-order valence-corrected chi connectivity index (χ3v) is 4.84. The molecular formula is C20H17F3N4O3. The number of fused-ring (bicyclic) bond motifs is 1. The molecule has 1 aromatic heterocycles. The van der Waals surface area contributed by atoms with Crippen LogP contribution in [0.4, 0.5) is 18.9 Å². The van der Waals surface area contributed by atoms with Crippen molar-refractivity contribution in [2.24, 2.45) is 5.73 Å². The molecule has 0 unspecified atom stereocenters. The maximum absolute atomic E-state index is 13.2.